The van der Waals surface area contributed by atoms with Crippen LogP contribution in [0.1, 0.15) is 17.3 Å². The van der Waals surface area contributed by atoms with Gasteiger partial charge >= 0.3 is 0 Å². The molecule has 0 spiro atoms. The molecule has 1 aliphatic rings. The van der Waals surface area contributed by atoms with Crippen molar-refractivity contribution in [2.24, 2.45) is 0 Å². The fraction of sp³-hybridized carbons (Fsp3) is 0.158. The van der Waals surface area contributed by atoms with Gasteiger partial charge in [0, 0.05) is 23.8 Å². The van der Waals surface area contributed by atoms with Crippen LogP contribution in [0.15, 0.2) is 41.5 Å². The number of nitro groups is 1. The zero-order valence-corrected chi connectivity index (χ0v) is 15.6. The fourth-order valence-electron chi connectivity index (χ4n) is 3.05. The molecule has 4 rings (SSSR count). The topological polar surface area (TPSA) is 143 Å². The third kappa shape index (κ3) is 3.43. The summed E-state index contributed by atoms with van der Waals surface area (Å²) in [6, 6.07) is 6.68. The van der Waals surface area contributed by atoms with E-state index < -0.39 is 22.9 Å². The lowest BCUT2D eigenvalue weighted by atomic mass is 10.1. The average Bonchev–Trinajstić information content (AvgIpc) is 3.16. The Bertz CT molecular complexity index is 1280. The van der Waals surface area contributed by atoms with E-state index in [2.05, 4.69) is 10.3 Å². The third-order valence-electron chi connectivity index (χ3n) is 4.50. The van der Waals surface area contributed by atoms with Crippen LogP contribution in [0.2, 0.25) is 0 Å². The number of rotatable bonds is 5. The summed E-state index contributed by atoms with van der Waals surface area (Å²) in [4.78, 5) is 51.5. The van der Waals surface area contributed by atoms with E-state index in [4.69, 9.17) is 9.47 Å². The summed E-state index contributed by atoms with van der Waals surface area (Å²) in [5.74, 6) is -0.104. The molecule has 0 bridgehead atoms. The molecule has 2 aromatic carbocycles. The largest absolute Gasteiger partial charge is 0.454 e. The molecular weight excluding hydrogens is 396 g/mol. The molecule has 0 saturated carbocycles. The molecule has 1 aliphatic heterocycles. The van der Waals surface area contributed by atoms with Crippen molar-refractivity contribution in [2.45, 2.75) is 13.5 Å². The number of hydrogen-bond donors (Lipinski definition) is 1. The molecule has 1 amide bonds. The van der Waals surface area contributed by atoms with E-state index in [1.165, 1.54) is 37.5 Å². The predicted molar refractivity (Wildman–Crippen MR) is 104 cm³/mol. The lowest BCUT2D eigenvalue weighted by Crippen LogP contribution is -2.28. The average molecular weight is 410 g/mol. The van der Waals surface area contributed by atoms with Gasteiger partial charge in [0.15, 0.2) is 17.3 Å². The predicted octanol–water partition coefficient (Wildman–Crippen LogP) is 1.87. The monoisotopic (exact) mass is 410 g/mol. The van der Waals surface area contributed by atoms with Gasteiger partial charge in [0.25, 0.3) is 11.2 Å². The molecular formula is C19H14N4O7. The Kier molecular flexibility index (Phi) is 4.62. The number of nitrogens with zero attached hydrogens (tertiary/aromatic N) is 3. The molecule has 11 nitrogen and oxygen atoms in total. The number of Topliss-reactive ketones (excluding diaryl/α,β-unsaturated/α-hetero) is 1. The lowest BCUT2D eigenvalue weighted by Gasteiger charge is -2.11. The molecule has 0 unspecified atom stereocenters. The van der Waals surface area contributed by atoms with Gasteiger partial charge in [-0.3, -0.25) is 29.1 Å². The van der Waals surface area contributed by atoms with Crippen LogP contribution in [0.3, 0.4) is 0 Å². The summed E-state index contributed by atoms with van der Waals surface area (Å²) in [6.07, 6.45) is 1.18. The summed E-state index contributed by atoms with van der Waals surface area (Å²) in [5.41, 5.74) is -0.135. The Balaban J connectivity index is 1.63. The molecule has 0 atom stereocenters. The summed E-state index contributed by atoms with van der Waals surface area (Å²) in [7, 11) is 0. The smallest absolute Gasteiger partial charge is 0.270 e. The molecule has 3 aromatic rings. The highest BCUT2D eigenvalue weighted by atomic mass is 16.7. The maximum absolute atomic E-state index is 12.6. The summed E-state index contributed by atoms with van der Waals surface area (Å²) in [6.45, 7) is 0.947. The zero-order chi connectivity index (χ0) is 21.4. The highest BCUT2D eigenvalue weighted by molar-refractivity contribution is 6.04. The van der Waals surface area contributed by atoms with Gasteiger partial charge in [-0.25, -0.2) is 4.98 Å². The summed E-state index contributed by atoms with van der Waals surface area (Å²) in [5, 5.41) is 13.6. The van der Waals surface area contributed by atoms with Gasteiger partial charge in [-0.1, -0.05) is 0 Å². The van der Waals surface area contributed by atoms with E-state index in [1.54, 1.807) is 0 Å². The van der Waals surface area contributed by atoms with Gasteiger partial charge in [-0.2, -0.15) is 0 Å². The van der Waals surface area contributed by atoms with Gasteiger partial charge in [0.05, 0.1) is 27.8 Å². The van der Waals surface area contributed by atoms with Crippen molar-refractivity contribution < 1.29 is 24.0 Å². The first-order valence-electron chi connectivity index (χ1n) is 8.71. The number of nitro benzene ring substituents is 1. The van der Waals surface area contributed by atoms with Crippen molar-refractivity contribution >= 4 is 34.0 Å². The molecule has 11 heteroatoms. The van der Waals surface area contributed by atoms with Crippen molar-refractivity contribution in [3.63, 3.8) is 0 Å². The molecule has 0 radical (unpaired) electrons. The second-order valence-corrected chi connectivity index (χ2v) is 6.49. The number of benzene rings is 2. The number of ether oxygens (including phenoxy) is 2. The molecule has 30 heavy (non-hydrogen) atoms. The van der Waals surface area contributed by atoms with E-state index in [-0.39, 0.29) is 40.4 Å². The van der Waals surface area contributed by atoms with Crippen molar-refractivity contribution in [1.82, 2.24) is 9.55 Å². The van der Waals surface area contributed by atoms with Gasteiger partial charge in [-0.05, 0) is 19.1 Å². The first-order chi connectivity index (χ1) is 14.3. The van der Waals surface area contributed by atoms with Gasteiger partial charge < -0.3 is 14.8 Å². The molecule has 152 valence electrons. The zero-order valence-electron chi connectivity index (χ0n) is 15.6. The lowest BCUT2D eigenvalue weighted by molar-refractivity contribution is -0.384. The second kappa shape index (κ2) is 7.28. The van der Waals surface area contributed by atoms with Gasteiger partial charge in [0.2, 0.25) is 12.7 Å². The number of fused-ring (bicyclic) bond motifs is 2. The van der Waals surface area contributed by atoms with Crippen molar-refractivity contribution in [1.29, 1.82) is 0 Å². The van der Waals surface area contributed by atoms with Crippen LogP contribution in [0.5, 0.6) is 11.5 Å². The summed E-state index contributed by atoms with van der Waals surface area (Å²) < 4.78 is 11.5. The van der Waals surface area contributed by atoms with Crippen LogP contribution in [0, 0.1) is 10.1 Å². The van der Waals surface area contributed by atoms with Crippen LogP contribution in [0.25, 0.3) is 10.9 Å². The van der Waals surface area contributed by atoms with Crippen molar-refractivity contribution in [3.05, 3.63) is 62.7 Å². The van der Waals surface area contributed by atoms with Crippen molar-refractivity contribution in [3.8, 4) is 11.5 Å². The first kappa shape index (κ1) is 19.1. The van der Waals surface area contributed by atoms with Crippen LogP contribution < -0.4 is 20.3 Å². The highest BCUT2D eigenvalue weighted by Crippen LogP contribution is 2.37. The number of amides is 1. The number of ketones is 1. The fourth-order valence-corrected chi connectivity index (χ4v) is 3.05. The standard InChI is InChI=1S/C19H14N4O7/c1-10(24)12-5-16-17(30-9-29-16)6-15(12)21-18(25)7-22-8-20-14-3-2-11(23(27)28)4-13(14)19(22)26/h2-6,8H,7,9H2,1H3,(H,21,25). The Morgan fingerprint density at radius 1 is 1.23 bits per heavy atom. The van der Waals surface area contributed by atoms with Gasteiger partial charge in [0.1, 0.15) is 6.54 Å². The van der Waals surface area contributed by atoms with E-state index >= 15 is 0 Å². The number of carbonyl (C=O) groups excluding carboxylic acids is 2. The minimum Gasteiger partial charge on any atom is -0.454 e. The quantitative estimate of drug-likeness (QED) is 0.381. The molecule has 0 saturated heterocycles. The Hall–Kier alpha value is -4.28. The molecule has 0 fully saturated rings. The number of carbonyl (C=O) groups is 2. The summed E-state index contributed by atoms with van der Waals surface area (Å²) >= 11 is 0. The SMILES string of the molecule is CC(=O)c1cc2c(cc1NC(=O)Cn1cnc3ccc([N+](=O)[O-])cc3c1=O)OCO2. The first-order valence-corrected chi connectivity index (χ1v) is 8.71. The minimum atomic E-state index is -0.619. The van der Waals surface area contributed by atoms with Crippen LogP contribution in [-0.4, -0.2) is 33.0 Å². The number of non-ortho nitro benzene ring substituents is 1. The van der Waals surface area contributed by atoms with E-state index in [0.29, 0.717) is 11.5 Å². The maximum Gasteiger partial charge on any atom is 0.270 e. The molecule has 2 heterocycles. The van der Waals surface area contributed by atoms with E-state index in [0.717, 1.165) is 10.6 Å². The number of aromatic nitrogens is 2. The molecule has 1 N–H and O–H groups in total. The Labute approximate surface area is 168 Å². The van der Waals surface area contributed by atoms with Crippen LogP contribution >= 0.6 is 0 Å². The molecule has 0 aliphatic carbocycles. The van der Waals surface area contributed by atoms with E-state index in [9.17, 15) is 24.5 Å². The minimum absolute atomic E-state index is 0.00830. The Morgan fingerprint density at radius 3 is 2.67 bits per heavy atom. The highest BCUT2D eigenvalue weighted by Gasteiger charge is 2.21. The second-order valence-electron chi connectivity index (χ2n) is 6.49. The van der Waals surface area contributed by atoms with E-state index in [1.807, 2.05) is 0 Å². The van der Waals surface area contributed by atoms with Gasteiger partial charge in [-0.15, -0.1) is 0 Å². The number of hydrogen-bond acceptors (Lipinski definition) is 8. The Morgan fingerprint density at radius 2 is 1.97 bits per heavy atom. The van der Waals surface area contributed by atoms with Crippen LogP contribution in [0.4, 0.5) is 11.4 Å². The molecule has 1 aromatic heterocycles. The number of nitrogens with one attached hydrogen (secondary N) is 1. The maximum atomic E-state index is 12.6. The van der Waals surface area contributed by atoms with Crippen LogP contribution in [-0.2, 0) is 11.3 Å². The third-order valence-corrected chi connectivity index (χ3v) is 4.50. The van der Waals surface area contributed by atoms with Crippen molar-refractivity contribution in [2.75, 3.05) is 12.1 Å². The number of anilines is 1. The normalized spacial score (nSPS) is 12.0.